The van der Waals surface area contributed by atoms with Crippen LogP contribution in [0.15, 0.2) is 59.1 Å². The molecular formula is C18H20BrNO. The average molecular weight is 346 g/mol. The molecule has 0 heterocycles. The van der Waals surface area contributed by atoms with Gasteiger partial charge in [-0.2, -0.15) is 0 Å². The second-order valence-electron chi connectivity index (χ2n) is 4.78. The standard InChI is InChI=1S/C18H20BrNO/c1-20-13-16-9-10-17(18(19)12-16)14-21-11-5-8-15-6-3-2-4-7-15/h2-10,12,20H,11,13-14H2,1H3/b8-5+. The molecule has 110 valence electrons. The molecule has 0 spiro atoms. The average Bonchev–Trinajstić information content (AvgIpc) is 2.50. The van der Waals surface area contributed by atoms with Crippen LogP contribution in [0.25, 0.3) is 6.08 Å². The maximum Gasteiger partial charge on any atom is 0.0732 e. The van der Waals surface area contributed by atoms with E-state index in [1.54, 1.807) is 0 Å². The van der Waals surface area contributed by atoms with Gasteiger partial charge in [-0.05, 0) is 29.8 Å². The van der Waals surface area contributed by atoms with E-state index in [-0.39, 0.29) is 0 Å². The van der Waals surface area contributed by atoms with Gasteiger partial charge in [0, 0.05) is 11.0 Å². The van der Waals surface area contributed by atoms with Crippen molar-refractivity contribution in [1.29, 1.82) is 0 Å². The van der Waals surface area contributed by atoms with Gasteiger partial charge in [-0.3, -0.25) is 0 Å². The van der Waals surface area contributed by atoms with E-state index in [1.807, 2.05) is 31.3 Å². The number of benzene rings is 2. The number of hydrogen-bond donors (Lipinski definition) is 1. The summed E-state index contributed by atoms with van der Waals surface area (Å²) in [7, 11) is 1.95. The summed E-state index contributed by atoms with van der Waals surface area (Å²) in [6.45, 7) is 2.10. The van der Waals surface area contributed by atoms with Crippen LogP contribution in [-0.2, 0) is 17.9 Å². The third-order valence-electron chi connectivity index (χ3n) is 3.08. The van der Waals surface area contributed by atoms with Crippen LogP contribution in [0.1, 0.15) is 16.7 Å². The molecule has 0 atom stereocenters. The van der Waals surface area contributed by atoms with Gasteiger partial charge in [-0.15, -0.1) is 0 Å². The molecule has 0 aromatic heterocycles. The van der Waals surface area contributed by atoms with Gasteiger partial charge in [0.25, 0.3) is 0 Å². The lowest BCUT2D eigenvalue weighted by molar-refractivity contribution is 0.148. The van der Waals surface area contributed by atoms with Gasteiger partial charge in [0.1, 0.15) is 0 Å². The van der Waals surface area contributed by atoms with E-state index in [4.69, 9.17) is 4.74 Å². The molecular weight excluding hydrogens is 326 g/mol. The van der Waals surface area contributed by atoms with Crippen molar-refractivity contribution in [2.24, 2.45) is 0 Å². The van der Waals surface area contributed by atoms with Crippen molar-refractivity contribution in [1.82, 2.24) is 5.32 Å². The smallest absolute Gasteiger partial charge is 0.0732 e. The maximum atomic E-state index is 5.69. The second-order valence-corrected chi connectivity index (χ2v) is 5.64. The highest BCUT2D eigenvalue weighted by Gasteiger charge is 2.01. The first kappa shape index (κ1) is 16.0. The SMILES string of the molecule is CNCc1ccc(COC/C=C/c2ccccc2)c(Br)c1. The van der Waals surface area contributed by atoms with Crippen LogP contribution in [0.4, 0.5) is 0 Å². The monoisotopic (exact) mass is 345 g/mol. The van der Waals surface area contributed by atoms with E-state index >= 15 is 0 Å². The van der Waals surface area contributed by atoms with Crippen LogP contribution < -0.4 is 5.32 Å². The molecule has 0 aliphatic carbocycles. The lowest BCUT2D eigenvalue weighted by atomic mass is 10.1. The van der Waals surface area contributed by atoms with Crippen molar-refractivity contribution in [3.8, 4) is 0 Å². The normalized spacial score (nSPS) is 11.1. The fourth-order valence-electron chi connectivity index (χ4n) is 2.01. The lowest BCUT2D eigenvalue weighted by Gasteiger charge is -2.07. The highest BCUT2D eigenvalue weighted by atomic mass is 79.9. The Balaban J connectivity index is 1.79. The second kappa shape index (κ2) is 8.78. The number of ether oxygens (including phenoxy) is 1. The Kier molecular flexibility index (Phi) is 6.67. The molecule has 2 nitrogen and oxygen atoms in total. The zero-order valence-corrected chi connectivity index (χ0v) is 13.8. The molecule has 0 radical (unpaired) electrons. The first-order valence-corrected chi connectivity index (χ1v) is 7.80. The molecule has 0 amide bonds. The third kappa shape index (κ3) is 5.46. The molecule has 21 heavy (non-hydrogen) atoms. The molecule has 0 aliphatic heterocycles. The van der Waals surface area contributed by atoms with E-state index in [9.17, 15) is 0 Å². The molecule has 0 saturated carbocycles. The van der Waals surface area contributed by atoms with Crippen molar-refractivity contribution < 1.29 is 4.74 Å². The first-order chi connectivity index (χ1) is 10.3. The van der Waals surface area contributed by atoms with Crippen molar-refractivity contribution in [3.05, 3.63) is 75.8 Å². The van der Waals surface area contributed by atoms with Gasteiger partial charge in [0.05, 0.1) is 13.2 Å². The maximum absolute atomic E-state index is 5.69. The Labute approximate surface area is 135 Å². The Morgan fingerprint density at radius 2 is 1.95 bits per heavy atom. The summed E-state index contributed by atoms with van der Waals surface area (Å²) < 4.78 is 6.79. The van der Waals surface area contributed by atoms with Crippen LogP contribution in [0.3, 0.4) is 0 Å². The quantitative estimate of drug-likeness (QED) is 0.751. The Morgan fingerprint density at radius 3 is 2.67 bits per heavy atom. The summed E-state index contributed by atoms with van der Waals surface area (Å²) in [6, 6.07) is 16.6. The molecule has 2 rings (SSSR count). The summed E-state index contributed by atoms with van der Waals surface area (Å²) in [5.74, 6) is 0. The summed E-state index contributed by atoms with van der Waals surface area (Å²) in [4.78, 5) is 0. The fourth-order valence-corrected chi connectivity index (χ4v) is 2.55. The highest BCUT2D eigenvalue weighted by molar-refractivity contribution is 9.10. The Morgan fingerprint density at radius 1 is 1.14 bits per heavy atom. The van der Waals surface area contributed by atoms with Gasteiger partial charge in [-0.1, -0.05) is 70.5 Å². The number of halogens is 1. The van der Waals surface area contributed by atoms with Gasteiger partial charge >= 0.3 is 0 Å². The zero-order chi connectivity index (χ0) is 14.9. The molecule has 0 fully saturated rings. The molecule has 0 aliphatic rings. The minimum absolute atomic E-state index is 0.611. The van der Waals surface area contributed by atoms with Crippen molar-refractivity contribution in [2.75, 3.05) is 13.7 Å². The van der Waals surface area contributed by atoms with Crippen LogP contribution in [0.2, 0.25) is 0 Å². The van der Waals surface area contributed by atoms with Gasteiger partial charge in [-0.25, -0.2) is 0 Å². The zero-order valence-electron chi connectivity index (χ0n) is 12.2. The predicted molar refractivity (Wildman–Crippen MR) is 92.0 cm³/mol. The predicted octanol–water partition coefficient (Wildman–Crippen LogP) is 4.40. The minimum Gasteiger partial charge on any atom is -0.373 e. The molecule has 2 aromatic rings. The summed E-state index contributed by atoms with van der Waals surface area (Å²) in [5, 5.41) is 3.14. The van der Waals surface area contributed by atoms with Crippen molar-refractivity contribution in [3.63, 3.8) is 0 Å². The van der Waals surface area contributed by atoms with E-state index in [0.717, 1.165) is 11.0 Å². The number of rotatable bonds is 7. The van der Waals surface area contributed by atoms with Gasteiger partial charge in [0.15, 0.2) is 0 Å². The van der Waals surface area contributed by atoms with Crippen LogP contribution in [0, 0.1) is 0 Å². The van der Waals surface area contributed by atoms with Crippen LogP contribution >= 0.6 is 15.9 Å². The van der Waals surface area contributed by atoms with Crippen molar-refractivity contribution in [2.45, 2.75) is 13.2 Å². The molecule has 0 bridgehead atoms. The van der Waals surface area contributed by atoms with E-state index in [0.29, 0.717) is 13.2 Å². The summed E-state index contributed by atoms with van der Waals surface area (Å²) in [5.41, 5.74) is 3.62. The van der Waals surface area contributed by atoms with Gasteiger partial charge in [0.2, 0.25) is 0 Å². The first-order valence-electron chi connectivity index (χ1n) is 7.01. The Hall–Kier alpha value is -1.42. The van der Waals surface area contributed by atoms with Crippen LogP contribution in [0.5, 0.6) is 0 Å². The number of hydrogen-bond acceptors (Lipinski definition) is 2. The van der Waals surface area contributed by atoms with Crippen molar-refractivity contribution >= 4 is 22.0 Å². The molecule has 0 saturated heterocycles. The topological polar surface area (TPSA) is 21.3 Å². The molecule has 2 aromatic carbocycles. The Bertz CT molecular complexity index is 581. The van der Waals surface area contributed by atoms with E-state index < -0.39 is 0 Å². The fraction of sp³-hybridized carbons (Fsp3) is 0.222. The highest BCUT2D eigenvalue weighted by Crippen LogP contribution is 2.19. The minimum atomic E-state index is 0.611. The number of nitrogens with one attached hydrogen (secondary N) is 1. The third-order valence-corrected chi connectivity index (χ3v) is 3.82. The molecule has 3 heteroatoms. The summed E-state index contributed by atoms with van der Waals surface area (Å²) in [6.07, 6.45) is 4.11. The largest absolute Gasteiger partial charge is 0.373 e. The van der Waals surface area contributed by atoms with Crippen LogP contribution in [-0.4, -0.2) is 13.7 Å². The van der Waals surface area contributed by atoms with E-state index in [1.165, 1.54) is 16.7 Å². The molecule has 1 N–H and O–H groups in total. The molecule has 0 unspecified atom stereocenters. The van der Waals surface area contributed by atoms with Gasteiger partial charge < -0.3 is 10.1 Å². The summed E-state index contributed by atoms with van der Waals surface area (Å²) >= 11 is 3.60. The van der Waals surface area contributed by atoms with E-state index in [2.05, 4.69) is 57.7 Å². The lowest BCUT2D eigenvalue weighted by Crippen LogP contribution is -2.05.